The van der Waals surface area contributed by atoms with E-state index in [4.69, 9.17) is 0 Å². The maximum absolute atomic E-state index is 12.4. The molecule has 1 unspecified atom stereocenters. The Hall–Kier alpha value is 0.0500. The topological polar surface area (TPSA) is 58.2 Å². The first kappa shape index (κ1) is 15.4. The summed E-state index contributed by atoms with van der Waals surface area (Å²) < 4.78 is 28.9. The van der Waals surface area contributed by atoms with Crippen LogP contribution in [0.3, 0.4) is 0 Å². The number of rotatable bonds is 3. The normalized spacial score (nSPS) is 21.1. The second-order valence-corrected chi connectivity index (χ2v) is 8.05. The molecule has 1 saturated heterocycles. The van der Waals surface area contributed by atoms with Gasteiger partial charge in [0.1, 0.15) is 0 Å². The van der Waals surface area contributed by atoms with Crippen LogP contribution in [0.25, 0.3) is 0 Å². The Morgan fingerprint density at radius 3 is 2.84 bits per heavy atom. The summed E-state index contributed by atoms with van der Waals surface area (Å²) in [4.78, 5) is 0.270. The van der Waals surface area contributed by atoms with Gasteiger partial charge in [0.2, 0.25) is 10.0 Å². The fraction of sp³-hybridized carbons (Fsp3) is 0.500. The minimum atomic E-state index is -3.50. The molecule has 0 aromatic heterocycles. The molecule has 1 aromatic rings. The van der Waals surface area contributed by atoms with Crippen LogP contribution in [-0.2, 0) is 10.0 Å². The zero-order valence-corrected chi connectivity index (χ0v) is 14.3. The zero-order chi connectivity index (χ0) is 13.9. The predicted octanol–water partition coefficient (Wildman–Crippen LogP) is 2.63. The van der Waals surface area contributed by atoms with Gasteiger partial charge in [0, 0.05) is 21.5 Å². The Morgan fingerprint density at radius 1 is 1.26 bits per heavy atom. The van der Waals surface area contributed by atoms with Crippen LogP contribution in [0.15, 0.2) is 32.0 Å². The van der Waals surface area contributed by atoms with Crippen LogP contribution in [0.5, 0.6) is 0 Å². The van der Waals surface area contributed by atoms with Crippen molar-refractivity contribution in [1.29, 1.82) is 0 Å². The van der Waals surface area contributed by atoms with Gasteiger partial charge in [-0.3, -0.25) is 0 Å². The molecule has 1 fully saturated rings. The third-order valence-electron chi connectivity index (χ3n) is 3.05. The molecule has 0 saturated carbocycles. The van der Waals surface area contributed by atoms with Crippen molar-refractivity contribution in [2.75, 3.05) is 13.1 Å². The van der Waals surface area contributed by atoms with E-state index >= 15 is 0 Å². The highest BCUT2D eigenvalue weighted by molar-refractivity contribution is 9.11. The highest BCUT2D eigenvalue weighted by Crippen LogP contribution is 2.26. The van der Waals surface area contributed by atoms with Crippen LogP contribution in [0, 0.1) is 0 Å². The van der Waals surface area contributed by atoms with E-state index in [2.05, 4.69) is 41.9 Å². The minimum absolute atomic E-state index is 0.0432. The molecule has 0 amide bonds. The molecule has 4 nitrogen and oxygen atoms in total. The summed E-state index contributed by atoms with van der Waals surface area (Å²) in [7, 11) is -3.50. The highest BCUT2D eigenvalue weighted by Gasteiger charge is 2.23. The molecule has 0 bridgehead atoms. The van der Waals surface area contributed by atoms with Crippen molar-refractivity contribution in [2.45, 2.75) is 30.2 Å². The van der Waals surface area contributed by atoms with Gasteiger partial charge in [-0.05, 0) is 53.5 Å². The molecule has 106 valence electrons. The van der Waals surface area contributed by atoms with E-state index in [1.807, 2.05) is 0 Å². The van der Waals surface area contributed by atoms with Crippen molar-refractivity contribution >= 4 is 41.9 Å². The molecule has 1 aliphatic heterocycles. The molecule has 2 N–H and O–H groups in total. The smallest absolute Gasteiger partial charge is 0.242 e. The lowest BCUT2D eigenvalue weighted by atomic mass is 10.2. The van der Waals surface area contributed by atoms with Crippen LogP contribution in [0.1, 0.15) is 19.3 Å². The van der Waals surface area contributed by atoms with Gasteiger partial charge in [-0.2, -0.15) is 0 Å². The molecule has 1 aliphatic rings. The van der Waals surface area contributed by atoms with Crippen LogP contribution >= 0.6 is 31.9 Å². The monoisotopic (exact) mass is 410 g/mol. The van der Waals surface area contributed by atoms with Gasteiger partial charge < -0.3 is 5.32 Å². The Labute approximate surface area is 130 Å². The quantitative estimate of drug-likeness (QED) is 0.803. The predicted molar refractivity (Wildman–Crippen MR) is 82.7 cm³/mol. The average Bonchev–Trinajstić information content (AvgIpc) is 2.60. The lowest BCUT2D eigenvalue weighted by Crippen LogP contribution is -2.40. The number of sulfonamides is 1. The van der Waals surface area contributed by atoms with E-state index in [1.54, 1.807) is 18.2 Å². The molecule has 0 radical (unpaired) electrons. The molecule has 7 heteroatoms. The van der Waals surface area contributed by atoms with Gasteiger partial charge in [-0.25, -0.2) is 13.1 Å². The van der Waals surface area contributed by atoms with Gasteiger partial charge >= 0.3 is 0 Å². The maximum Gasteiger partial charge on any atom is 0.242 e. The molecule has 0 aliphatic carbocycles. The van der Waals surface area contributed by atoms with Gasteiger partial charge in [0.15, 0.2) is 0 Å². The number of benzene rings is 1. The Kier molecular flexibility index (Phi) is 5.42. The van der Waals surface area contributed by atoms with Crippen molar-refractivity contribution in [3.63, 3.8) is 0 Å². The lowest BCUT2D eigenvalue weighted by molar-refractivity contribution is 0.521. The third-order valence-corrected chi connectivity index (χ3v) is 6.06. The average molecular weight is 412 g/mol. The second-order valence-electron chi connectivity index (χ2n) is 4.59. The fourth-order valence-electron chi connectivity index (χ4n) is 2.09. The molecule has 1 atom stereocenters. The Bertz CT molecular complexity index is 541. The number of hydrogen-bond acceptors (Lipinski definition) is 3. The second kappa shape index (κ2) is 6.67. The van der Waals surface area contributed by atoms with Gasteiger partial charge in [-0.1, -0.05) is 22.4 Å². The third kappa shape index (κ3) is 4.26. The van der Waals surface area contributed by atoms with E-state index in [9.17, 15) is 8.42 Å². The summed E-state index contributed by atoms with van der Waals surface area (Å²) in [5.41, 5.74) is 0. The number of halogens is 2. The van der Waals surface area contributed by atoms with Crippen molar-refractivity contribution in [1.82, 2.24) is 10.0 Å². The van der Waals surface area contributed by atoms with Gasteiger partial charge in [-0.15, -0.1) is 0 Å². The van der Waals surface area contributed by atoms with E-state index in [0.717, 1.165) is 30.3 Å². The highest BCUT2D eigenvalue weighted by atomic mass is 79.9. The number of hydrogen-bond donors (Lipinski definition) is 2. The minimum Gasteiger partial charge on any atom is -0.315 e. The summed E-state index contributed by atoms with van der Waals surface area (Å²) in [6, 6.07) is 5.09. The zero-order valence-electron chi connectivity index (χ0n) is 10.3. The molecule has 2 rings (SSSR count). The first-order valence-electron chi connectivity index (χ1n) is 6.17. The van der Waals surface area contributed by atoms with Crippen molar-refractivity contribution < 1.29 is 8.42 Å². The molecule has 1 aromatic carbocycles. The molecule has 1 heterocycles. The SMILES string of the molecule is O=S(=O)(NC1CCCCNC1)c1cc(Br)ccc1Br. The van der Waals surface area contributed by atoms with Crippen molar-refractivity contribution in [3.05, 3.63) is 27.1 Å². The van der Waals surface area contributed by atoms with Crippen LogP contribution in [0.4, 0.5) is 0 Å². The van der Waals surface area contributed by atoms with E-state index in [0.29, 0.717) is 11.0 Å². The van der Waals surface area contributed by atoms with E-state index < -0.39 is 10.0 Å². The van der Waals surface area contributed by atoms with E-state index in [1.165, 1.54) is 0 Å². The summed E-state index contributed by atoms with van der Waals surface area (Å²) in [5, 5.41) is 3.25. The summed E-state index contributed by atoms with van der Waals surface area (Å²) in [6.07, 6.45) is 3.01. The Morgan fingerprint density at radius 2 is 2.05 bits per heavy atom. The standard InChI is InChI=1S/C12H16Br2N2O2S/c13-9-4-5-11(14)12(7-9)19(17,18)16-10-3-1-2-6-15-8-10/h4-5,7,10,15-16H,1-3,6,8H2. The van der Waals surface area contributed by atoms with Gasteiger partial charge in [0.25, 0.3) is 0 Å². The first-order valence-corrected chi connectivity index (χ1v) is 9.24. The van der Waals surface area contributed by atoms with Crippen LogP contribution in [0.2, 0.25) is 0 Å². The molecule has 19 heavy (non-hydrogen) atoms. The molecular weight excluding hydrogens is 396 g/mol. The Balaban J connectivity index is 2.19. The van der Waals surface area contributed by atoms with Crippen LogP contribution in [-0.4, -0.2) is 27.5 Å². The summed E-state index contributed by atoms with van der Waals surface area (Å²) in [6.45, 7) is 1.64. The summed E-state index contributed by atoms with van der Waals surface area (Å²) in [5.74, 6) is 0. The van der Waals surface area contributed by atoms with Crippen LogP contribution < -0.4 is 10.0 Å². The van der Waals surface area contributed by atoms with E-state index in [-0.39, 0.29) is 10.9 Å². The largest absolute Gasteiger partial charge is 0.315 e. The molecule has 0 spiro atoms. The van der Waals surface area contributed by atoms with Crippen molar-refractivity contribution in [3.8, 4) is 0 Å². The summed E-state index contributed by atoms with van der Waals surface area (Å²) >= 11 is 6.59. The lowest BCUT2D eigenvalue weighted by Gasteiger charge is -2.17. The fourth-order valence-corrected chi connectivity index (χ4v) is 4.86. The molecular formula is C12H16Br2N2O2S. The first-order chi connectivity index (χ1) is 8.99. The van der Waals surface area contributed by atoms with Gasteiger partial charge in [0.05, 0.1) is 4.90 Å². The number of nitrogens with one attached hydrogen (secondary N) is 2. The maximum atomic E-state index is 12.4. The van der Waals surface area contributed by atoms with Crippen molar-refractivity contribution in [2.24, 2.45) is 0 Å².